The fraction of sp³-hybridized carbons (Fsp3) is 0.857. The van der Waals surface area contributed by atoms with Gasteiger partial charge in [0, 0.05) is 0 Å². The van der Waals surface area contributed by atoms with E-state index in [2.05, 4.69) is 108 Å². The summed E-state index contributed by atoms with van der Waals surface area (Å²) in [6.45, 7) is 35.9. The summed E-state index contributed by atoms with van der Waals surface area (Å²) >= 11 is 0. The summed E-state index contributed by atoms with van der Waals surface area (Å²) in [4.78, 5) is 0. The molecule has 3 rings (SSSR count). The van der Waals surface area contributed by atoms with E-state index in [0.29, 0.717) is 11.3 Å². The fourth-order valence-corrected chi connectivity index (χ4v) is 14.2. The lowest BCUT2D eigenvalue weighted by Crippen LogP contribution is -2.47. The minimum atomic E-state index is -1.84. The molecular formula is C42H78O2Si2. The average Bonchev–Trinajstić information content (AvgIpc) is 3.37. The molecule has 3 aliphatic carbocycles. The second-order valence-corrected chi connectivity index (χ2v) is 27.5. The largest absolute Gasteiger partial charge is 0.411 e. The highest BCUT2D eigenvalue weighted by Gasteiger charge is 2.50. The molecule has 0 spiro atoms. The molecule has 0 saturated heterocycles. The average molecular weight is 671 g/mol. The van der Waals surface area contributed by atoms with Crippen molar-refractivity contribution in [2.75, 3.05) is 0 Å². The Balaban J connectivity index is 1.69. The molecule has 0 bridgehead atoms. The maximum Gasteiger partial charge on any atom is 0.192 e. The van der Waals surface area contributed by atoms with E-state index in [0.717, 1.165) is 43.4 Å². The van der Waals surface area contributed by atoms with E-state index in [9.17, 15) is 0 Å². The van der Waals surface area contributed by atoms with E-state index < -0.39 is 16.6 Å². The summed E-state index contributed by atoms with van der Waals surface area (Å²) < 4.78 is 14.2. The molecule has 2 nitrogen and oxygen atoms in total. The van der Waals surface area contributed by atoms with Gasteiger partial charge in [0.15, 0.2) is 16.6 Å². The minimum Gasteiger partial charge on any atom is -0.411 e. The first-order valence-corrected chi connectivity index (χ1v) is 25.3. The van der Waals surface area contributed by atoms with Gasteiger partial charge in [-0.05, 0) is 135 Å². The van der Waals surface area contributed by atoms with Crippen LogP contribution in [-0.4, -0.2) is 28.3 Å². The van der Waals surface area contributed by atoms with E-state index in [1.165, 1.54) is 75.1 Å². The quantitative estimate of drug-likeness (QED) is 0.127. The molecular weight excluding hydrogens is 593 g/mol. The molecule has 3 saturated carbocycles. The summed E-state index contributed by atoms with van der Waals surface area (Å²) in [5.41, 5.74) is 5.20. The van der Waals surface area contributed by atoms with Gasteiger partial charge in [-0.1, -0.05) is 119 Å². The summed E-state index contributed by atoms with van der Waals surface area (Å²) in [5, 5.41) is 0.220. The molecule has 0 aromatic rings. The Morgan fingerprint density at radius 1 is 0.978 bits per heavy atom. The third-order valence-corrected chi connectivity index (χ3v) is 23.7. The van der Waals surface area contributed by atoms with Crippen LogP contribution in [0.5, 0.6) is 0 Å². The van der Waals surface area contributed by atoms with Gasteiger partial charge in [0.05, 0.1) is 11.7 Å². The van der Waals surface area contributed by atoms with Gasteiger partial charge in [-0.15, -0.1) is 0 Å². The fourth-order valence-electron chi connectivity index (χ4n) is 9.69. The highest BCUT2D eigenvalue weighted by molar-refractivity contribution is 6.74. The molecule has 0 aromatic carbocycles. The van der Waals surface area contributed by atoms with Crippen LogP contribution in [-0.2, 0) is 8.85 Å². The third-order valence-electron chi connectivity index (χ3n) is 14.5. The van der Waals surface area contributed by atoms with Crippen molar-refractivity contribution in [3.05, 3.63) is 35.5 Å². The topological polar surface area (TPSA) is 18.5 Å². The monoisotopic (exact) mass is 671 g/mol. The third kappa shape index (κ3) is 8.83. The van der Waals surface area contributed by atoms with Crippen LogP contribution in [0.2, 0.25) is 36.3 Å². The maximum atomic E-state index is 7.25. The number of allylic oxidation sites excluding steroid dienone is 3. The zero-order valence-corrected chi connectivity index (χ0v) is 35.2. The SMILES string of the molecule is C=C1[C@H](C)C/C(=C\C=C2/CCC[C@@]3(C)C2CCC3[C@@H](C)CCCC(CC)(CC)O[Si](CC)(CC)CC)C[C@H]1O[Si](C)(C)C(C)(C)C. The Morgan fingerprint density at radius 3 is 2.17 bits per heavy atom. The van der Waals surface area contributed by atoms with Crippen molar-refractivity contribution in [3.8, 4) is 0 Å². The van der Waals surface area contributed by atoms with Crippen molar-refractivity contribution < 1.29 is 8.85 Å². The van der Waals surface area contributed by atoms with Gasteiger partial charge >= 0.3 is 0 Å². The number of rotatable bonds is 15. The summed E-state index contributed by atoms with van der Waals surface area (Å²) in [6, 6.07) is 3.77. The maximum absolute atomic E-state index is 7.25. The molecule has 2 unspecified atom stereocenters. The molecule has 0 amide bonds. The van der Waals surface area contributed by atoms with Crippen LogP contribution in [0.25, 0.3) is 0 Å². The first kappa shape index (κ1) is 40.0. The molecule has 0 radical (unpaired) electrons. The van der Waals surface area contributed by atoms with Gasteiger partial charge in [0.1, 0.15) is 0 Å². The summed E-state index contributed by atoms with van der Waals surface area (Å²) in [7, 11) is -3.46. The Morgan fingerprint density at radius 2 is 1.61 bits per heavy atom. The van der Waals surface area contributed by atoms with Crippen molar-refractivity contribution >= 4 is 16.6 Å². The van der Waals surface area contributed by atoms with E-state index in [1.807, 2.05) is 0 Å². The number of hydrogen-bond donors (Lipinski definition) is 0. The lowest BCUT2D eigenvalue weighted by atomic mass is 9.60. The minimum absolute atomic E-state index is 0.0993. The van der Waals surface area contributed by atoms with Crippen LogP contribution in [0.15, 0.2) is 35.5 Å². The molecule has 266 valence electrons. The first-order valence-electron chi connectivity index (χ1n) is 19.9. The summed E-state index contributed by atoms with van der Waals surface area (Å²) in [5.74, 6) is 2.90. The first-order chi connectivity index (χ1) is 21.5. The normalized spacial score (nSPS) is 30.7. The Hall–Kier alpha value is -0.426. The van der Waals surface area contributed by atoms with Gasteiger partial charge < -0.3 is 8.85 Å². The molecule has 6 atom stereocenters. The number of fused-ring (bicyclic) bond motifs is 1. The molecule has 0 aromatic heterocycles. The number of hydrogen-bond acceptors (Lipinski definition) is 2. The molecule has 4 heteroatoms. The lowest BCUT2D eigenvalue weighted by molar-refractivity contribution is 0.0319. The van der Waals surface area contributed by atoms with E-state index in [1.54, 1.807) is 11.1 Å². The van der Waals surface area contributed by atoms with E-state index in [4.69, 9.17) is 8.85 Å². The van der Waals surface area contributed by atoms with Crippen molar-refractivity contribution in [2.45, 2.75) is 201 Å². The van der Waals surface area contributed by atoms with Crippen LogP contribution in [0.4, 0.5) is 0 Å². The molecule has 3 fully saturated rings. The molecule has 46 heavy (non-hydrogen) atoms. The van der Waals surface area contributed by atoms with Gasteiger partial charge in [0.25, 0.3) is 0 Å². The highest BCUT2D eigenvalue weighted by atomic mass is 28.4. The molecule has 0 aliphatic heterocycles. The molecule has 0 N–H and O–H groups in total. The van der Waals surface area contributed by atoms with Gasteiger partial charge in [-0.25, -0.2) is 0 Å². The molecule has 3 aliphatic rings. The Bertz CT molecular complexity index is 1050. The van der Waals surface area contributed by atoms with E-state index in [-0.39, 0.29) is 16.7 Å². The van der Waals surface area contributed by atoms with Crippen LogP contribution in [0.3, 0.4) is 0 Å². The smallest absolute Gasteiger partial charge is 0.192 e. The second kappa shape index (κ2) is 16.1. The zero-order valence-electron chi connectivity index (χ0n) is 33.2. The summed E-state index contributed by atoms with van der Waals surface area (Å²) in [6.07, 6.45) is 20.6. The van der Waals surface area contributed by atoms with Crippen molar-refractivity contribution in [3.63, 3.8) is 0 Å². The van der Waals surface area contributed by atoms with Gasteiger partial charge in [-0.3, -0.25) is 0 Å². The van der Waals surface area contributed by atoms with Crippen molar-refractivity contribution in [1.29, 1.82) is 0 Å². The predicted molar refractivity (Wildman–Crippen MR) is 209 cm³/mol. The van der Waals surface area contributed by atoms with Crippen LogP contribution in [0, 0.1) is 29.1 Å². The van der Waals surface area contributed by atoms with Crippen LogP contribution in [0.1, 0.15) is 153 Å². The second-order valence-electron chi connectivity index (χ2n) is 18.0. The van der Waals surface area contributed by atoms with Gasteiger partial charge in [-0.2, -0.15) is 0 Å². The van der Waals surface area contributed by atoms with Crippen LogP contribution < -0.4 is 0 Å². The Labute approximate surface area is 290 Å². The van der Waals surface area contributed by atoms with Crippen molar-refractivity contribution in [2.24, 2.45) is 29.1 Å². The standard InChI is InChI=1S/C42H78O2Si2/c1-15-42(16-2,44-46(17-3,18-4)19-5)29-20-22-32(6)37-26-27-38-36(23-21-28-41(37,38)12)25-24-35-30-33(7)34(8)39(31-35)43-45(13,14)40(9,10)11/h24-25,32-33,37-39H,8,15-23,26-31H2,1-7,9-14H3/b35-24+,36-25+/t32-,33+,37?,38?,39+,41+/m0/s1. The highest BCUT2D eigenvalue weighted by Crippen LogP contribution is 2.60. The predicted octanol–water partition coefficient (Wildman–Crippen LogP) is 13.8. The van der Waals surface area contributed by atoms with Crippen molar-refractivity contribution in [1.82, 2.24) is 0 Å². The Kier molecular flexibility index (Phi) is 14.0. The lowest BCUT2D eigenvalue weighted by Gasteiger charge is -2.45. The van der Waals surface area contributed by atoms with E-state index >= 15 is 0 Å². The van der Waals surface area contributed by atoms with Crippen LogP contribution >= 0.6 is 0 Å². The zero-order chi connectivity index (χ0) is 34.6. The van der Waals surface area contributed by atoms with Gasteiger partial charge in [0.2, 0.25) is 0 Å². The molecule has 0 heterocycles.